The van der Waals surface area contributed by atoms with Crippen molar-refractivity contribution in [2.75, 3.05) is 11.5 Å². The van der Waals surface area contributed by atoms with Crippen LogP contribution in [0.25, 0.3) is 0 Å². The van der Waals surface area contributed by atoms with Crippen molar-refractivity contribution < 1.29 is 19.1 Å². The molecule has 0 aromatic heterocycles. The molecular formula is C24H20ClN3O4. The Morgan fingerprint density at radius 3 is 2.59 bits per heavy atom. The molecule has 1 amide bonds. The molecule has 2 aliphatic heterocycles. The van der Waals surface area contributed by atoms with Crippen LogP contribution in [0.3, 0.4) is 0 Å². The quantitative estimate of drug-likeness (QED) is 0.713. The SMILES string of the molecule is CCOC(=O)C1=C(C)OC(N)=C(C#N)C12C(=O)N(Cc1ccc(Cl)cc1)c1ccccc12. The number of benzene rings is 2. The van der Waals surface area contributed by atoms with Gasteiger partial charge in [0.2, 0.25) is 11.8 Å². The highest BCUT2D eigenvalue weighted by Gasteiger charge is 2.62. The number of para-hydroxylation sites is 1. The number of hydrogen-bond donors (Lipinski definition) is 1. The van der Waals surface area contributed by atoms with Crippen molar-refractivity contribution in [1.82, 2.24) is 0 Å². The molecule has 2 aliphatic rings. The molecule has 1 spiro atoms. The van der Waals surface area contributed by atoms with E-state index in [1.807, 2.05) is 18.2 Å². The van der Waals surface area contributed by atoms with Crippen molar-refractivity contribution >= 4 is 29.2 Å². The van der Waals surface area contributed by atoms with E-state index >= 15 is 0 Å². The van der Waals surface area contributed by atoms with E-state index in [9.17, 15) is 14.9 Å². The molecule has 0 saturated carbocycles. The number of nitriles is 1. The third-order valence-corrected chi connectivity index (χ3v) is 5.87. The summed E-state index contributed by atoms with van der Waals surface area (Å²) in [6.45, 7) is 3.50. The van der Waals surface area contributed by atoms with Gasteiger partial charge in [0.25, 0.3) is 0 Å². The Hall–Kier alpha value is -3.76. The number of esters is 1. The maximum absolute atomic E-state index is 14.2. The Morgan fingerprint density at radius 1 is 1.25 bits per heavy atom. The number of nitrogens with zero attached hydrogens (tertiary/aromatic N) is 2. The second kappa shape index (κ2) is 8.06. The lowest BCUT2D eigenvalue weighted by molar-refractivity contribution is -0.141. The average Bonchev–Trinajstić information content (AvgIpc) is 2.99. The van der Waals surface area contributed by atoms with Crippen LogP contribution in [0.15, 0.2) is 71.3 Å². The molecule has 162 valence electrons. The van der Waals surface area contributed by atoms with Gasteiger partial charge in [0.1, 0.15) is 23.0 Å². The number of carbonyl (C=O) groups excluding carboxylic acids is 2. The van der Waals surface area contributed by atoms with Gasteiger partial charge in [0, 0.05) is 16.3 Å². The molecule has 7 nitrogen and oxygen atoms in total. The number of fused-ring (bicyclic) bond motifs is 2. The minimum Gasteiger partial charge on any atom is -0.462 e. The first-order valence-electron chi connectivity index (χ1n) is 9.98. The number of rotatable bonds is 4. The molecule has 0 saturated heterocycles. The van der Waals surface area contributed by atoms with E-state index in [2.05, 4.69) is 0 Å². The fraction of sp³-hybridized carbons (Fsp3) is 0.208. The number of halogens is 1. The van der Waals surface area contributed by atoms with E-state index in [0.29, 0.717) is 16.3 Å². The topological polar surface area (TPSA) is 106 Å². The van der Waals surface area contributed by atoms with Crippen LogP contribution >= 0.6 is 11.6 Å². The summed E-state index contributed by atoms with van der Waals surface area (Å²) in [4.78, 5) is 28.8. The fourth-order valence-corrected chi connectivity index (χ4v) is 4.47. The molecule has 2 aromatic carbocycles. The highest BCUT2D eigenvalue weighted by Crippen LogP contribution is 2.54. The van der Waals surface area contributed by atoms with E-state index in [0.717, 1.165) is 5.56 Å². The van der Waals surface area contributed by atoms with Gasteiger partial charge in [-0.1, -0.05) is 41.9 Å². The Balaban J connectivity index is 1.97. The number of allylic oxidation sites excluding steroid dienone is 1. The number of carbonyl (C=O) groups is 2. The Bertz CT molecular complexity index is 1230. The first kappa shape index (κ1) is 21.5. The molecule has 0 bridgehead atoms. The normalized spacial score (nSPS) is 19.7. The van der Waals surface area contributed by atoms with Gasteiger partial charge in [0.05, 0.1) is 13.2 Å². The van der Waals surface area contributed by atoms with Crippen LogP contribution < -0.4 is 10.6 Å². The summed E-state index contributed by atoms with van der Waals surface area (Å²) >= 11 is 6.00. The van der Waals surface area contributed by atoms with Gasteiger partial charge in [-0.3, -0.25) is 4.79 Å². The largest absolute Gasteiger partial charge is 0.462 e. The minimum absolute atomic E-state index is 0.0406. The Morgan fingerprint density at radius 2 is 1.94 bits per heavy atom. The van der Waals surface area contributed by atoms with Crippen LogP contribution in [0.1, 0.15) is 25.0 Å². The summed E-state index contributed by atoms with van der Waals surface area (Å²) < 4.78 is 10.8. The van der Waals surface area contributed by atoms with E-state index in [-0.39, 0.29) is 35.9 Å². The van der Waals surface area contributed by atoms with Gasteiger partial charge in [-0.15, -0.1) is 0 Å². The molecule has 8 heteroatoms. The molecule has 1 unspecified atom stereocenters. The summed E-state index contributed by atoms with van der Waals surface area (Å²) in [6.07, 6.45) is 0. The van der Waals surface area contributed by atoms with Crippen LogP contribution in [0.2, 0.25) is 5.02 Å². The third-order valence-electron chi connectivity index (χ3n) is 5.62. The Kier molecular flexibility index (Phi) is 5.41. The smallest absolute Gasteiger partial charge is 0.339 e. The summed E-state index contributed by atoms with van der Waals surface area (Å²) in [5.41, 5.74) is 6.02. The maximum atomic E-state index is 14.2. The average molecular weight is 450 g/mol. The molecule has 2 aromatic rings. The summed E-state index contributed by atoms with van der Waals surface area (Å²) in [5, 5.41) is 10.6. The molecular weight excluding hydrogens is 430 g/mol. The van der Waals surface area contributed by atoms with E-state index in [4.69, 9.17) is 26.8 Å². The van der Waals surface area contributed by atoms with Gasteiger partial charge in [-0.05, 0) is 37.6 Å². The summed E-state index contributed by atoms with van der Waals surface area (Å²) in [7, 11) is 0. The van der Waals surface area contributed by atoms with E-state index < -0.39 is 17.3 Å². The van der Waals surface area contributed by atoms with Gasteiger partial charge >= 0.3 is 5.97 Å². The highest BCUT2D eigenvalue weighted by atomic mass is 35.5. The highest BCUT2D eigenvalue weighted by molar-refractivity contribution is 6.30. The monoisotopic (exact) mass is 449 g/mol. The lowest BCUT2D eigenvalue weighted by Crippen LogP contribution is -2.48. The predicted octanol–water partition coefficient (Wildman–Crippen LogP) is 3.69. The second-order valence-electron chi connectivity index (χ2n) is 7.39. The first-order chi connectivity index (χ1) is 15.4. The van der Waals surface area contributed by atoms with Crippen LogP contribution in [-0.4, -0.2) is 18.5 Å². The predicted molar refractivity (Wildman–Crippen MR) is 118 cm³/mol. The van der Waals surface area contributed by atoms with Gasteiger partial charge in [-0.2, -0.15) is 5.26 Å². The lowest BCUT2D eigenvalue weighted by atomic mass is 9.68. The van der Waals surface area contributed by atoms with Crippen molar-refractivity contribution in [1.29, 1.82) is 5.26 Å². The minimum atomic E-state index is -1.75. The first-order valence-corrected chi connectivity index (χ1v) is 10.4. The molecule has 1 atom stereocenters. The summed E-state index contributed by atoms with van der Waals surface area (Å²) in [5.74, 6) is -1.30. The van der Waals surface area contributed by atoms with Gasteiger partial charge in [0.15, 0.2) is 5.41 Å². The number of hydrogen-bond acceptors (Lipinski definition) is 6. The van der Waals surface area contributed by atoms with Gasteiger partial charge in [-0.25, -0.2) is 4.79 Å². The zero-order valence-electron chi connectivity index (χ0n) is 17.5. The van der Waals surface area contributed by atoms with Gasteiger partial charge < -0.3 is 20.1 Å². The van der Waals surface area contributed by atoms with Crippen molar-refractivity contribution in [3.05, 3.63) is 87.5 Å². The van der Waals surface area contributed by atoms with Crippen LogP contribution in [0.4, 0.5) is 5.69 Å². The fourth-order valence-electron chi connectivity index (χ4n) is 4.35. The van der Waals surface area contributed by atoms with Crippen LogP contribution in [0.5, 0.6) is 0 Å². The van der Waals surface area contributed by atoms with Crippen molar-refractivity contribution in [3.63, 3.8) is 0 Å². The number of amides is 1. The number of ether oxygens (including phenoxy) is 2. The number of anilines is 1. The maximum Gasteiger partial charge on any atom is 0.339 e. The van der Waals surface area contributed by atoms with Crippen LogP contribution in [0, 0.1) is 11.3 Å². The second-order valence-corrected chi connectivity index (χ2v) is 7.83. The summed E-state index contributed by atoms with van der Waals surface area (Å²) in [6, 6.07) is 16.2. The van der Waals surface area contributed by atoms with E-state index in [1.165, 1.54) is 6.92 Å². The molecule has 2 N–H and O–H groups in total. The molecule has 2 heterocycles. The Labute approximate surface area is 190 Å². The van der Waals surface area contributed by atoms with Crippen molar-refractivity contribution in [2.45, 2.75) is 25.8 Å². The van der Waals surface area contributed by atoms with Crippen molar-refractivity contribution in [2.24, 2.45) is 5.73 Å². The third kappa shape index (κ3) is 3.03. The molecule has 0 radical (unpaired) electrons. The lowest BCUT2D eigenvalue weighted by Gasteiger charge is -2.34. The van der Waals surface area contributed by atoms with Crippen molar-refractivity contribution in [3.8, 4) is 6.07 Å². The molecule has 32 heavy (non-hydrogen) atoms. The zero-order valence-corrected chi connectivity index (χ0v) is 18.3. The molecule has 4 rings (SSSR count). The number of nitrogens with two attached hydrogens (primary N) is 1. The standard InChI is InChI=1S/C24H20ClN3O4/c1-3-31-22(29)20-14(2)32-21(27)18(12-26)24(20)17-6-4-5-7-19(17)28(23(24)30)13-15-8-10-16(25)11-9-15/h4-11H,3,13,27H2,1-2H3. The van der Waals surface area contributed by atoms with Crippen LogP contribution in [-0.2, 0) is 31.0 Å². The molecule has 0 aliphatic carbocycles. The van der Waals surface area contributed by atoms with E-state index in [1.54, 1.807) is 48.2 Å². The molecule has 0 fully saturated rings. The zero-order chi connectivity index (χ0) is 23.0.